The van der Waals surface area contributed by atoms with Crippen LogP contribution in [0.15, 0.2) is 42.5 Å². The molecular formula is C26H32N4O9. The van der Waals surface area contributed by atoms with Gasteiger partial charge in [0.15, 0.2) is 0 Å². The van der Waals surface area contributed by atoms with Gasteiger partial charge >= 0.3 is 23.9 Å². The monoisotopic (exact) mass is 544 g/mol. The Bertz CT molecular complexity index is 1190. The van der Waals surface area contributed by atoms with E-state index >= 15 is 0 Å². The molecule has 0 saturated carbocycles. The number of benzene rings is 2. The van der Waals surface area contributed by atoms with Gasteiger partial charge in [-0.05, 0) is 42.0 Å². The van der Waals surface area contributed by atoms with Gasteiger partial charge in [-0.2, -0.15) is 0 Å². The summed E-state index contributed by atoms with van der Waals surface area (Å²) in [6, 6.07) is 8.85. The Labute approximate surface area is 224 Å². The number of amides is 4. The molecule has 13 nitrogen and oxygen atoms in total. The van der Waals surface area contributed by atoms with E-state index in [-0.39, 0.29) is 25.8 Å². The molecule has 39 heavy (non-hydrogen) atoms. The van der Waals surface area contributed by atoms with Crippen LogP contribution >= 0.6 is 0 Å². The zero-order valence-electron chi connectivity index (χ0n) is 21.1. The first-order valence-electron chi connectivity index (χ1n) is 12.3. The van der Waals surface area contributed by atoms with Gasteiger partial charge in [0, 0.05) is 19.4 Å². The molecule has 2 rings (SSSR count). The van der Waals surface area contributed by atoms with Gasteiger partial charge in [0.25, 0.3) is 0 Å². The van der Waals surface area contributed by atoms with Gasteiger partial charge in [-0.25, -0.2) is 14.4 Å². The van der Waals surface area contributed by atoms with Crippen molar-refractivity contribution in [3.05, 3.63) is 48.0 Å². The number of rotatable bonds is 17. The Morgan fingerprint density at radius 2 is 1.44 bits per heavy atom. The van der Waals surface area contributed by atoms with Crippen LogP contribution in [0.3, 0.4) is 0 Å². The molecule has 0 radical (unpaired) electrons. The second-order valence-electron chi connectivity index (χ2n) is 8.84. The van der Waals surface area contributed by atoms with E-state index in [9.17, 15) is 33.9 Å². The lowest BCUT2D eigenvalue weighted by Crippen LogP contribution is -2.51. The molecule has 7 N–H and O–H groups in total. The Kier molecular flexibility index (Phi) is 12.2. The fraction of sp³-hybridized carbons (Fsp3) is 0.385. The molecule has 0 spiro atoms. The van der Waals surface area contributed by atoms with Gasteiger partial charge < -0.3 is 36.6 Å². The molecule has 4 amide bonds. The quantitative estimate of drug-likeness (QED) is 0.111. The first-order chi connectivity index (χ1) is 18.6. The van der Waals surface area contributed by atoms with Gasteiger partial charge in [0.2, 0.25) is 12.3 Å². The average Bonchev–Trinajstić information content (AvgIpc) is 2.89. The van der Waals surface area contributed by atoms with Crippen molar-refractivity contribution in [1.29, 1.82) is 0 Å². The number of nitrogens with one attached hydrogen (secondary N) is 4. The first-order valence-corrected chi connectivity index (χ1v) is 12.3. The van der Waals surface area contributed by atoms with Crippen molar-refractivity contribution in [2.45, 2.75) is 56.7 Å². The molecule has 0 aliphatic carbocycles. The summed E-state index contributed by atoms with van der Waals surface area (Å²) in [7, 11) is 0. The molecule has 0 saturated heterocycles. The van der Waals surface area contributed by atoms with E-state index < -0.39 is 54.4 Å². The van der Waals surface area contributed by atoms with Gasteiger partial charge in [-0.1, -0.05) is 42.5 Å². The number of carboxylic acids is 3. The lowest BCUT2D eigenvalue weighted by molar-refractivity contribution is -0.140. The Morgan fingerprint density at radius 1 is 0.795 bits per heavy atom. The van der Waals surface area contributed by atoms with Crippen LogP contribution in [0, 0.1) is 0 Å². The van der Waals surface area contributed by atoms with Crippen LogP contribution in [-0.2, 0) is 30.4 Å². The normalized spacial score (nSPS) is 12.9. The zero-order valence-corrected chi connectivity index (χ0v) is 21.1. The highest BCUT2D eigenvalue weighted by Crippen LogP contribution is 2.16. The second-order valence-corrected chi connectivity index (χ2v) is 8.84. The van der Waals surface area contributed by atoms with Crippen molar-refractivity contribution in [2.75, 3.05) is 6.54 Å². The van der Waals surface area contributed by atoms with Crippen molar-refractivity contribution in [3.8, 4) is 0 Å². The van der Waals surface area contributed by atoms with Crippen LogP contribution in [0.2, 0.25) is 0 Å². The van der Waals surface area contributed by atoms with Gasteiger partial charge in [0.05, 0.1) is 0 Å². The van der Waals surface area contributed by atoms with E-state index in [1.165, 1.54) is 0 Å². The highest BCUT2D eigenvalue weighted by atomic mass is 16.4. The summed E-state index contributed by atoms with van der Waals surface area (Å²) in [4.78, 5) is 69.1. The van der Waals surface area contributed by atoms with Crippen molar-refractivity contribution in [3.63, 3.8) is 0 Å². The summed E-state index contributed by atoms with van der Waals surface area (Å²) in [5.74, 6) is -4.42. The molecule has 0 aliphatic rings. The molecule has 0 bridgehead atoms. The maximum absolute atomic E-state index is 12.6. The number of carboxylic acid groups (broad SMARTS) is 3. The third-order valence-electron chi connectivity index (χ3n) is 5.91. The number of carbonyl (C=O) groups is 6. The summed E-state index contributed by atoms with van der Waals surface area (Å²) < 4.78 is 0. The second kappa shape index (κ2) is 15.5. The van der Waals surface area contributed by atoms with Crippen LogP contribution in [0.1, 0.15) is 37.7 Å². The Morgan fingerprint density at radius 3 is 2.05 bits per heavy atom. The third kappa shape index (κ3) is 10.7. The van der Waals surface area contributed by atoms with Gasteiger partial charge in [-0.3, -0.25) is 14.4 Å². The summed E-state index contributed by atoms with van der Waals surface area (Å²) >= 11 is 0. The molecule has 0 heterocycles. The topological polar surface area (TPSA) is 211 Å². The van der Waals surface area contributed by atoms with Crippen LogP contribution in [0.4, 0.5) is 4.79 Å². The molecule has 1 unspecified atom stereocenters. The van der Waals surface area contributed by atoms with Crippen LogP contribution in [0.25, 0.3) is 10.8 Å². The largest absolute Gasteiger partial charge is 0.481 e. The van der Waals surface area contributed by atoms with Crippen LogP contribution in [-0.4, -0.2) is 76.2 Å². The van der Waals surface area contributed by atoms with E-state index in [1.807, 2.05) is 42.5 Å². The maximum Gasteiger partial charge on any atom is 0.326 e. The van der Waals surface area contributed by atoms with E-state index in [2.05, 4.69) is 21.3 Å². The Hall–Kier alpha value is -4.68. The van der Waals surface area contributed by atoms with E-state index in [0.717, 1.165) is 16.3 Å². The van der Waals surface area contributed by atoms with Crippen molar-refractivity contribution in [2.24, 2.45) is 0 Å². The standard InChI is InChI=1S/C26H32N4O9/c31-15-28-21(14-16-8-9-17-5-1-2-6-18(17)13-16)23(34)27-12-4-3-7-19(24(35)36)29-26(39)30-20(25(37)38)10-11-22(32)33/h1-2,5-6,8-9,13,15,19-21H,3-4,7,10-12,14H2,(H,27,34)(H,28,31)(H,32,33)(H,35,36)(H,37,38)(H2,29,30,39)/t19-,20-,21?/m0/s1. The van der Waals surface area contributed by atoms with Gasteiger partial charge in [-0.15, -0.1) is 0 Å². The number of urea groups is 1. The molecule has 0 aromatic heterocycles. The molecule has 2 aromatic carbocycles. The molecule has 2 aromatic rings. The number of fused-ring (bicyclic) bond motifs is 1. The van der Waals surface area contributed by atoms with Crippen molar-refractivity contribution < 1.29 is 44.1 Å². The smallest absolute Gasteiger partial charge is 0.326 e. The number of unbranched alkanes of at least 4 members (excludes halogenated alkanes) is 1. The highest BCUT2D eigenvalue weighted by molar-refractivity contribution is 5.87. The molecule has 210 valence electrons. The summed E-state index contributed by atoms with van der Waals surface area (Å²) in [6.45, 7) is 0.197. The Balaban J connectivity index is 1.80. The lowest BCUT2D eigenvalue weighted by atomic mass is 10.0. The zero-order chi connectivity index (χ0) is 28.8. The lowest BCUT2D eigenvalue weighted by Gasteiger charge is -2.19. The van der Waals surface area contributed by atoms with Crippen LogP contribution < -0.4 is 21.3 Å². The minimum atomic E-state index is -1.49. The molecule has 13 heteroatoms. The fourth-order valence-corrected chi connectivity index (χ4v) is 3.86. The van der Waals surface area contributed by atoms with E-state index in [0.29, 0.717) is 19.3 Å². The predicted molar refractivity (Wildman–Crippen MR) is 139 cm³/mol. The molecular weight excluding hydrogens is 512 g/mol. The summed E-state index contributed by atoms with van der Waals surface area (Å²) in [5, 5.41) is 38.7. The number of carbonyl (C=O) groups excluding carboxylic acids is 3. The molecule has 0 fully saturated rings. The number of hydrogen-bond donors (Lipinski definition) is 7. The van der Waals surface area contributed by atoms with Crippen LogP contribution in [0.5, 0.6) is 0 Å². The average molecular weight is 545 g/mol. The van der Waals surface area contributed by atoms with E-state index in [1.54, 1.807) is 0 Å². The summed E-state index contributed by atoms with van der Waals surface area (Å²) in [5.41, 5.74) is 0.866. The van der Waals surface area contributed by atoms with Crippen molar-refractivity contribution in [1.82, 2.24) is 21.3 Å². The minimum absolute atomic E-state index is 0.00140. The summed E-state index contributed by atoms with van der Waals surface area (Å²) in [6.07, 6.45) is 0.551. The first kappa shape index (κ1) is 30.5. The highest BCUT2D eigenvalue weighted by Gasteiger charge is 2.25. The maximum atomic E-state index is 12.6. The number of aliphatic carboxylic acids is 3. The SMILES string of the molecule is O=CNC(Cc1ccc2ccccc2c1)C(=O)NCCCC[C@H](NC(=O)N[C@@H](CCC(=O)O)C(=O)O)C(=O)O. The molecule has 0 aliphatic heterocycles. The molecule has 3 atom stereocenters. The minimum Gasteiger partial charge on any atom is -0.481 e. The van der Waals surface area contributed by atoms with E-state index in [4.69, 9.17) is 10.2 Å². The van der Waals surface area contributed by atoms with Gasteiger partial charge in [0.1, 0.15) is 18.1 Å². The fourth-order valence-electron chi connectivity index (χ4n) is 3.86. The number of hydrogen-bond acceptors (Lipinski definition) is 6. The van der Waals surface area contributed by atoms with Crippen molar-refractivity contribution >= 4 is 47.0 Å². The predicted octanol–water partition coefficient (Wildman–Crippen LogP) is 0.854. The third-order valence-corrected chi connectivity index (χ3v) is 5.91.